The maximum absolute atomic E-state index is 12.1. The summed E-state index contributed by atoms with van der Waals surface area (Å²) >= 11 is 0. The van der Waals surface area contributed by atoms with Crippen molar-refractivity contribution in [1.82, 2.24) is 20.1 Å². The molecule has 2 rings (SSSR count). The molecule has 9 heteroatoms. The second-order valence-electron chi connectivity index (χ2n) is 5.38. The zero-order valence-electron chi connectivity index (χ0n) is 14.1. The fraction of sp³-hybridized carbons (Fsp3) is 0.438. The van der Waals surface area contributed by atoms with Gasteiger partial charge in [-0.2, -0.15) is 5.10 Å². The topological polar surface area (TPSA) is 112 Å². The number of benzene rings is 1. The molecule has 0 aliphatic heterocycles. The molecule has 0 atom stereocenters. The Labute approximate surface area is 145 Å². The van der Waals surface area contributed by atoms with Gasteiger partial charge in [-0.15, -0.1) is 0 Å². The van der Waals surface area contributed by atoms with Gasteiger partial charge in [0.25, 0.3) is 11.6 Å². The summed E-state index contributed by atoms with van der Waals surface area (Å²) in [4.78, 5) is 26.6. The Bertz CT molecular complexity index is 703. The number of nitro benzene ring substituents is 1. The normalized spacial score (nSPS) is 10.6. The zero-order valence-corrected chi connectivity index (χ0v) is 14.1. The van der Waals surface area contributed by atoms with E-state index in [-0.39, 0.29) is 22.8 Å². The number of nitro groups is 1. The summed E-state index contributed by atoms with van der Waals surface area (Å²) < 4.78 is 6.70. The predicted molar refractivity (Wildman–Crippen MR) is 90.7 cm³/mol. The lowest BCUT2D eigenvalue weighted by Gasteiger charge is -2.08. The van der Waals surface area contributed by atoms with E-state index in [0.717, 1.165) is 19.4 Å². The Morgan fingerprint density at radius 2 is 2.16 bits per heavy atom. The van der Waals surface area contributed by atoms with E-state index in [1.807, 2.05) is 0 Å². The first kappa shape index (κ1) is 18.5. The lowest BCUT2D eigenvalue weighted by Crippen LogP contribution is -2.25. The van der Waals surface area contributed by atoms with Crippen molar-refractivity contribution in [3.05, 3.63) is 46.5 Å². The summed E-state index contributed by atoms with van der Waals surface area (Å²) in [7, 11) is 0. The van der Waals surface area contributed by atoms with Gasteiger partial charge in [0.1, 0.15) is 18.3 Å². The summed E-state index contributed by atoms with van der Waals surface area (Å²) in [5, 5.41) is 17.9. The van der Waals surface area contributed by atoms with Crippen LogP contribution in [0, 0.1) is 10.1 Å². The molecular weight excluding hydrogens is 326 g/mol. The Morgan fingerprint density at radius 1 is 1.36 bits per heavy atom. The highest BCUT2D eigenvalue weighted by Crippen LogP contribution is 2.23. The zero-order chi connectivity index (χ0) is 18.1. The van der Waals surface area contributed by atoms with Crippen molar-refractivity contribution in [1.29, 1.82) is 0 Å². The van der Waals surface area contributed by atoms with E-state index >= 15 is 0 Å². The highest BCUT2D eigenvalue weighted by Gasteiger charge is 2.19. The van der Waals surface area contributed by atoms with Gasteiger partial charge >= 0.3 is 0 Å². The maximum atomic E-state index is 12.1. The molecule has 0 spiro atoms. The molecule has 9 nitrogen and oxygen atoms in total. The second kappa shape index (κ2) is 9.48. The number of nitrogens with zero attached hydrogens (tertiary/aromatic N) is 4. The van der Waals surface area contributed by atoms with Gasteiger partial charge in [0, 0.05) is 31.4 Å². The molecule has 0 aliphatic carbocycles. The molecule has 1 aromatic carbocycles. The third-order valence-corrected chi connectivity index (χ3v) is 3.49. The van der Waals surface area contributed by atoms with Crippen LogP contribution in [0.5, 0.6) is 0 Å². The molecular formula is C16H21N5O4. The number of amides is 1. The molecule has 2 aromatic rings. The second-order valence-corrected chi connectivity index (χ2v) is 5.38. The molecule has 1 aromatic heterocycles. The number of aromatic nitrogens is 3. The van der Waals surface area contributed by atoms with E-state index in [2.05, 4.69) is 22.3 Å². The van der Waals surface area contributed by atoms with Gasteiger partial charge in [0.15, 0.2) is 0 Å². The van der Waals surface area contributed by atoms with Crippen LogP contribution in [-0.4, -0.2) is 45.4 Å². The lowest BCUT2D eigenvalue weighted by atomic mass is 10.1. The summed E-state index contributed by atoms with van der Waals surface area (Å²) in [5.41, 5.74) is 0.270. The van der Waals surface area contributed by atoms with E-state index < -0.39 is 4.92 Å². The lowest BCUT2D eigenvalue weighted by molar-refractivity contribution is -0.384. The molecule has 0 saturated heterocycles. The summed E-state index contributed by atoms with van der Waals surface area (Å²) in [5.74, 6) is -0.359. The Kier molecular flexibility index (Phi) is 7.02. The quantitative estimate of drug-likeness (QED) is 0.400. The fourth-order valence-corrected chi connectivity index (χ4v) is 2.16. The third-order valence-electron chi connectivity index (χ3n) is 3.49. The van der Waals surface area contributed by atoms with Gasteiger partial charge in [-0.1, -0.05) is 13.3 Å². The number of carbonyl (C=O) groups excluding carboxylic acids is 1. The average molecular weight is 347 g/mol. The van der Waals surface area contributed by atoms with Crippen molar-refractivity contribution in [2.45, 2.75) is 26.2 Å². The Hall–Kier alpha value is -2.81. The van der Waals surface area contributed by atoms with Crippen LogP contribution in [0.1, 0.15) is 36.5 Å². The molecule has 0 saturated carbocycles. The average Bonchev–Trinajstić information content (AvgIpc) is 3.14. The van der Waals surface area contributed by atoms with Crippen LogP contribution in [0.15, 0.2) is 30.9 Å². The summed E-state index contributed by atoms with van der Waals surface area (Å²) in [6, 6.07) is 4.25. The van der Waals surface area contributed by atoms with E-state index in [1.54, 1.807) is 0 Å². The predicted octanol–water partition coefficient (Wildman–Crippen LogP) is 2.11. The van der Waals surface area contributed by atoms with Crippen LogP contribution in [0.4, 0.5) is 5.69 Å². The number of ether oxygens (including phenoxy) is 1. The van der Waals surface area contributed by atoms with E-state index in [0.29, 0.717) is 19.6 Å². The fourth-order valence-electron chi connectivity index (χ4n) is 2.16. The molecule has 134 valence electrons. The smallest absolute Gasteiger partial charge is 0.295 e. The maximum Gasteiger partial charge on any atom is 0.295 e. The third kappa shape index (κ3) is 5.35. The number of hydrogen-bond acceptors (Lipinski definition) is 6. The molecule has 1 N–H and O–H groups in total. The minimum Gasteiger partial charge on any atom is -0.381 e. The van der Waals surface area contributed by atoms with Gasteiger partial charge in [-0.05, 0) is 25.0 Å². The molecule has 0 aliphatic rings. The SMILES string of the molecule is CCCCOCCCNC(=O)c1ccc(-n2cncn2)c([N+](=O)[O-])c1. The van der Waals surface area contributed by atoms with Crippen molar-refractivity contribution in [2.75, 3.05) is 19.8 Å². The van der Waals surface area contributed by atoms with Gasteiger partial charge in [0.2, 0.25) is 0 Å². The van der Waals surface area contributed by atoms with Crippen molar-refractivity contribution >= 4 is 11.6 Å². The number of carbonyl (C=O) groups is 1. The first-order chi connectivity index (χ1) is 12.1. The van der Waals surface area contributed by atoms with Crippen molar-refractivity contribution in [2.24, 2.45) is 0 Å². The van der Waals surface area contributed by atoms with Crippen molar-refractivity contribution in [3.8, 4) is 5.69 Å². The summed E-state index contributed by atoms with van der Waals surface area (Å²) in [6.45, 7) is 3.84. The molecule has 0 radical (unpaired) electrons. The van der Waals surface area contributed by atoms with Gasteiger partial charge < -0.3 is 10.1 Å². The van der Waals surface area contributed by atoms with Crippen LogP contribution >= 0.6 is 0 Å². The first-order valence-electron chi connectivity index (χ1n) is 8.13. The van der Waals surface area contributed by atoms with Crippen LogP contribution in [0.25, 0.3) is 5.69 Å². The van der Waals surface area contributed by atoms with Gasteiger partial charge in [-0.25, -0.2) is 9.67 Å². The standard InChI is InChI=1S/C16H21N5O4/c1-2-3-8-25-9-4-7-18-16(22)13-5-6-14(15(10-13)21(23)24)20-12-17-11-19-20/h5-6,10-12H,2-4,7-9H2,1H3,(H,18,22). The van der Waals surface area contributed by atoms with Crippen molar-refractivity contribution < 1.29 is 14.5 Å². The van der Waals surface area contributed by atoms with E-state index in [9.17, 15) is 14.9 Å². The molecule has 25 heavy (non-hydrogen) atoms. The van der Waals surface area contributed by atoms with Gasteiger partial charge in [-0.3, -0.25) is 14.9 Å². The monoisotopic (exact) mass is 347 g/mol. The molecule has 0 bridgehead atoms. The minimum atomic E-state index is -0.546. The van der Waals surface area contributed by atoms with Crippen LogP contribution < -0.4 is 5.32 Å². The largest absolute Gasteiger partial charge is 0.381 e. The molecule has 1 heterocycles. The van der Waals surface area contributed by atoms with E-state index in [4.69, 9.17) is 4.74 Å². The Balaban J connectivity index is 1.94. The first-order valence-corrected chi connectivity index (χ1v) is 8.13. The number of nitrogens with one attached hydrogen (secondary N) is 1. The van der Waals surface area contributed by atoms with E-state index in [1.165, 1.54) is 35.5 Å². The molecule has 1 amide bonds. The van der Waals surface area contributed by atoms with Crippen LogP contribution in [0.2, 0.25) is 0 Å². The van der Waals surface area contributed by atoms with Gasteiger partial charge in [0.05, 0.1) is 4.92 Å². The highest BCUT2D eigenvalue weighted by molar-refractivity contribution is 5.95. The number of unbranched alkanes of at least 4 members (excludes halogenated alkanes) is 1. The Morgan fingerprint density at radius 3 is 2.84 bits per heavy atom. The van der Waals surface area contributed by atoms with Crippen LogP contribution in [-0.2, 0) is 4.74 Å². The van der Waals surface area contributed by atoms with Crippen LogP contribution in [0.3, 0.4) is 0 Å². The molecule has 0 unspecified atom stereocenters. The molecule has 0 fully saturated rings. The summed E-state index contributed by atoms with van der Waals surface area (Å²) in [6.07, 6.45) is 5.44. The number of rotatable bonds is 10. The van der Waals surface area contributed by atoms with Crippen molar-refractivity contribution in [3.63, 3.8) is 0 Å². The minimum absolute atomic E-state index is 0.207. The highest BCUT2D eigenvalue weighted by atomic mass is 16.6. The number of hydrogen-bond donors (Lipinski definition) is 1.